The van der Waals surface area contributed by atoms with Crippen molar-refractivity contribution in [3.63, 3.8) is 0 Å². The van der Waals surface area contributed by atoms with E-state index in [-0.39, 0.29) is 12.2 Å². The summed E-state index contributed by atoms with van der Waals surface area (Å²) < 4.78 is 11.5. The van der Waals surface area contributed by atoms with E-state index < -0.39 is 11.9 Å². The van der Waals surface area contributed by atoms with E-state index in [4.69, 9.17) is 9.47 Å². The van der Waals surface area contributed by atoms with Crippen LogP contribution in [0.15, 0.2) is 24.3 Å². The molecule has 1 aromatic carbocycles. The summed E-state index contributed by atoms with van der Waals surface area (Å²) in [6, 6.07) is 6.85. The first kappa shape index (κ1) is 20.9. The predicted molar refractivity (Wildman–Crippen MR) is 109 cm³/mol. The predicted octanol–water partition coefficient (Wildman–Crippen LogP) is 5.94. The lowest BCUT2D eigenvalue weighted by atomic mass is 9.76. The SMILES string of the molecule is CC1(C)CCC(OC(=O)c2ccccc2C(=O)OC2CCC(C)(C)CC2)CC1. The lowest BCUT2D eigenvalue weighted by Crippen LogP contribution is -2.30. The second kappa shape index (κ2) is 8.26. The number of hydrogen-bond donors (Lipinski definition) is 0. The van der Waals surface area contributed by atoms with Crippen LogP contribution in [-0.2, 0) is 9.47 Å². The molecule has 4 heteroatoms. The third-order valence-corrected chi connectivity index (χ3v) is 6.49. The molecule has 0 N–H and O–H groups in total. The summed E-state index contributed by atoms with van der Waals surface area (Å²) in [4.78, 5) is 25.5. The van der Waals surface area contributed by atoms with Crippen molar-refractivity contribution in [3.05, 3.63) is 35.4 Å². The molecule has 0 unspecified atom stereocenters. The maximum atomic E-state index is 12.7. The van der Waals surface area contributed by atoms with E-state index in [1.54, 1.807) is 24.3 Å². The van der Waals surface area contributed by atoms with Crippen LogP contribution in [0.4, 0.5) is 0 Å². The molecule has 2 fully saturated rings. The molecule has 2 saturated carbocycles. The number of rotatable bonds is 4. The van der Waals surface area contributed by atoms with Crippen LogP contribution in [0.2, 0.25) is 0 Å². The van der Waals surface area contributed by atoms with E-state index >= 15 is 0 Å². The molecule has 4 nitrogen and oxygen atoms in total. The zero-order chi connectivity index (χ0) is 20.4. The van der Waals surface area contributed by atoms with Gasteiger partial charge in [0.2, 0.25) is 0 Å². The van der Waals surface area contributed by atoms with Crippen molar-refractivity contribution in [2.75, 3.05) is 0 Å². The van der Waals surface area contributed by atoms with Crippen molar-refractivity contribution >= 4 is 11.9 Å². The highest BCUT2D eigenvalue weighted by atomic mass is 16.5. The van der Waals surface area contributed by atoms with Gasteiger partial charge in [0.1, 0.15) is 12.2 Å². The molecular formula is C24H34O4. The second-order valence-corrected chi connectivity index (χ2v) is 10.1. The van der Waals surface area contributed by atoms with Gasteiger partial charge in [-0.15, -0.1) is 0 Å². The highest BCUT2D eigenvalue weighted by Crippen LogP contribution is 2.37. The fourth-order valence-electron chi connectivity index (χ4n) is 4.25. The summed E-state index contributed by atoms with van der Waals surface area (Å²) in [5.74, 6) is -0.830. The van der Waals surface area contributed by atoms with E-state index in [0.29, 0.717) is 22.0 Å². The molecule has 2 aliphatic carbocycles. The first-order chi connectivity index (χ1) is 13.2. The van der Waals surface area contributed by atoms with Gasteiger partial charge in [-0.25, -0.2) is 9.59 Å². The molecule has 0 radical (unpaired) electrons. The quantitative estimate of drug-likeness (QED) is 0.601. The number of hydrogen-bond acceptors (Lipinski definition) is 4. The maximum Gasteiger partial charge on any atom is 0.339 e. The Morgan fingerprint density at radius 1 is 0.714 bits per heavy atom. The lowest BCUT2D eigenvalue weighted by molar-refractivity contribution is 0.00540. The first-order valence-corrected chi connectivity index (χ1v) is 10.7. The minimum atomic E-state index is -0.415. The van der Waals surface area contributed by atoms with Gasteiger partial charge >= 0.3 is 11.9 Å². The van der Waals surface area contributed by atoms with Crippen LogP contribution in [0.25, 0.3) is 0 Å². The molecule has 2 aliphatic rings. The van der Waals surface area contributed by atoms with Gasteiger partial charge in [0, 0.05) is 0 Å². The smallest absolute Gasteiger partial charge is 0.339 e. The van der Waals surface area contributed by atoms with Crippen molar-refractivity contribution in [3.8, 4) is 0 Å². The Labute approximate surface area is 169 Å². The summed E-state index contributed by atoms with van der Waals surface area (Å²) >= 11 is 0. The van der Waals surface area contributed by atoms with Gasteiger partial charge in [0.15, 0.2) is 0 Å². The van der Waals surface area contributed by atoms with Gasteiger partial charge in [-0.2, -0.15) is 0 Å². The minimum absolute atomic E-state index is 0.0647. The van der Waals surface area contributed by atoms with Crippen molar-refractivity contribution in [1.29, 1.82) is 0 Å². The summed E-state index contributed by atoms with van der Waals surface area (Å²) in [5.41, 5.74) is 1.26. The highest BCUT2D eigenvalue weighted by Gasteiger charge is 2.32. The van der Waals surface area contributed by atoms with Gasteiger partial charge in [0.25, 0.3) is 0 Å². The number of carbonyl (C=O) groups excluding carboxylic acids is 2. The van der Waals surface area contributed by atoms with Gasteiger partial charge in [-0.05, 0) is 74.3 Å². The fourth-order valence-corrected chi connectivity index (χ4v) is 4.25. The van der Waals surface area contributed by atoms with E-state index in [2.05, 4.69) is 27.7 Å². The average molecular weight is 387 g/mol. The lowest BCUT2D eigenvalue weighted by Gasteiger charge is -2.34. The molecule has 0 heterocycles. The van der Waals surface area contributed by atoms with Crippen LogP contribution in [0, 0.1) is 10.8 Å². The molecule has 28 heavy (non-hydrogen) atoms. The summed E-state index contributed by atoms with van der Waals surface area (Å²) in [5, 5.41) is 0. The third kappa shape index (κ3) is 5.36. The molecule has 0 amide bonds. The van der Waals surface area contributed by atoms with Crippen LogP contribution in [-0.4, -0.2) is 24.1 Å². The van der Waals surface area contributed by atoms with Gasteiger partial charge < -0.3 is 9.47 Å². The molecule has 0 atom stereocenters. The first-order valence-electron chi connectivity index (χ1n) is 10.7. The molecule has 154 valence electrons. The minimum Gasteiger partial charge on any atom is -0.459 e. The second-order valence-electron chi connectivity index (χ2n) is 10.1. The molecule has 0 spiro atoms. The topological polar surface area (TPSA) is 52.6 Å². The van der Waals surface area contributed by atoms with Crippen LogP contribution in [0.5, 0.6) is 0 Å². The van der Waals surface area contributed by atoms with Crippen molar-refractivity contribution in [1.82, 2.24) is 0 Å². The van der Waals surface area contributed by atoms with Crippen molar-refractivity contribution < 1.29 is 19.1 Å². The summed E-state index contributed by atoms with van der Waals surface area (Å²) in [7, 11) is 0. The van der Waals surface area contributed by atoms with Crippen LogP contribution >= 0.6 is 0 Å². The van der Waals surface area contributed by atoms with Crippen LogP contribution in [0.3, 0.4) is 0 Å². The summed E-state index contributed by atoms with van der Waals surface area (Å²) in [6.45, 7) is 9.01. The van der Waals surface area contributed by atoms with E-state index in [0.717, 1.165) is 51.4 Å². The Hall–Kier alpha value is -1.84. The Kier molecular flexibility index (Phi) is 6.16. The molecule has 1 aromatic rings. The Balaban J connectivity index is 1.62. The van der Waals surface area contributed by atoms with Crippen LogP contribution < -0.4 is 0 Å². The monoisotopic (exact) mass is 386 g/mol. The van der Waals surface area contributed by atoms with E-state index in [9.17, 15) is 9.59 Å². The average Bonchev–Trinajstić information content (AvgIpc) is 2.65. The normalized spacial score (nSPS) is 22.4. The number of carbonyl (C=O) groups is 2. The summed E-state index contributed by atoms with van der Waals surface area (Å²) in [6.07, 6.45) is 7.58. The molecule has 0 aliphatic heterocycles. The van der Waals surface area contributed by atoms with E-state index in [1.807, 2.05) is 0 Å². The van der Waals surface area contributed by atoms with Gasteiger partial charge in [-0.3, -0.25) is 0 Å². The standard InChI is InChI=1S/C24H34O4/c1-23(2)13-9-17(10-14-23)27-21(25)19-7-5-6-8-20(19)22(26)28-18-11-15-24(3,4)16-12-18/h5-8,17-18H,9-16H2,1-4H3. The number of benzene rings is 1. The van der Waals surface area contributed by atoms with Crippen molar-refractivity contribution in [2.24, 2.45) is 10.8 Å². The number of ether oxygens (including phenoxy) is 2. The van der Waals surface area contributed by atoms with E-state index in [1.165, 1.54) is 0 Å². The molecular weight excluding hydrogens is 352 g/mol. The molecule has 3 rings (SSSR count). The van der Waals surface area contributed by atoms with Crippen LogP contribution in [0.1, 0.15) is 99.8 Å². The Bertz CT molecular complexity index is 638. The Morgan fingerprint density at radius 2 is 1.04 bits per heavy atom. The fraction of sp³-hybridized carbons (Fsp3) is 0.667. The zero-order valence-corrected chi connectivity index (χ0v) is 17.8. The number of esters is 2. The molecule has 0 bridgehead atoms. The largest absolute Gasteiger partial charge is 0.459 e. The molecule has 0 saturated heterocycles. The van der Waals surface area contributed by atoms with Gasteiger partial charge in [0.05, 0.1) is 11.1 Å². The maximum absolute atomic E-state index is 12.7. The van der Waals surface area contributed by atoms with Gasteiger partial charge in [-0.1, -0.05) is 39.8 Å². The highest BCUT2D eigenvalue weighted by molar-refractivity contribution is 6.03. The van der Waals surface area contributed by atoms with Crippen molar-refractivity contribution in [2.45, 2.75) is 91.3 Å². The molecule has 0 aromatic heterocycles. The zero-order valence-electron chi connectivity index (χ0n) is 17.8. The third-order valence-electron chi connectivity index (χ3n) is 6.49. The Morgan fingerprint density at radius 3 is 1.36 bits per heavy atom.